The van der Waals surface area contributed by atoms with E-state index in [0.29, 0.717) is 29.8 Å². The first kappa shape index (κ1) is 28.2. The van der Waals surface area contributed by atoms with Crippen LogP contribution < -0.4 is 16.0 Å². The molecule has 1 aliphatic rings. The molecule has 0 aliphatic carbocycles. The third-order valence-electron chi connectivity index (χ3n) is 7.01. The highest BCUT2D eigenvalue weighted by molar-refractivity contribution is 7.12. The van der Waals surface area contributed by atoms with Gasteiger partial charge in [-0.3, -0.25) is 9.59 Å². The van der Waals surface area contributed by atoms with Crippen molar-refractivity contribution in [1.29, 1.82) is 0 Å². The molecule has 4 aromatic carbocycles. The summed E-state index contributed by atoms with van der Waals surface area (Å²) in [5.41, 5.74) is 12.4. The van der Waals surface area contributed by atoms with Gasteiger partial charge in [-0.05, 0) is 54.4 Å². The summed E-state index contributed by atoms with van der Waals surface area (Å²) in [7, 11) is 0. The fourth-order valence-corrected chi connectivity index (χ4v) is 6.02. The van der Waals surface area contributed by atoms with Crippen LogP contribution in [-0.4, -0.2) is 23.3 Å². The van der Waals surface area contributed by atoms with Crippen molar-refractivity contribution in [1.82, 2.24) is 4.98 Å². The molecule has 1 atom stereocenters. The Balaban J connectivity index is 0.00000337. The summed E-state index contributed by atoms with van der Waals surface area (Å²) >= 11 is 1.62. The molecule has 0 bridgehead atoms. The van der Waals surface area contributed by atoms with Crippen LogP contribution in [0.25, 0.3) is 22.4 Å². The fraction of sp³-hybridized carbons (Fsp3) is 0.121. The van der Waals surface area contributed by atoms with Crippen LogP contribution in [0.4, 0.5) is 11.4 Å². The van der Waals surface area contributed by atoms with Crippen LogP contribution in [-0.2, 0) is 6.42 Å². The van der Waals surface area contributed by atoms with Crippen molar-refractivity contribution in [3.05, 3.63) is 124 Å². The van der Waals surface area contributed by atoms with Gasteiger partial charge in [0.05, 0.1) is 17.4 Å². The molecule has 0 radical (unpaired) electrons. The molecule has 1 unspecified atom stereocenters. The van der Waals surface area contributed by atoms with Crippen LogP contribution in [0.1, 0.15) is 43.6 Å². The van der Waals surface area contributed by atoms with Gasteiger partial charge in [-0.15, -0.1) is 23.7 Å². The molecule has 1 aliphatic heterocycles. The summed E-state index contributed by atoms with van der Waals surface area (Å²) in [6.07, 6.45) is 0.703. The standard InChI is InChI=1S/C33H28N4O2S.ClH/c1-21(34)32-36-30-27-13-7-8-14-28(27)37(20-19-29(30)40-32)33(39)23-15-17-24(18-16-23)35-31(38)26-12-6-5-11-25(26)22-9-3-2-4-10-22;/h2-18,21H,19-20,34H2,1H3,(H,35,38);1H. The molecule has 6 rings (SSSR count). The second-order valence-electron chi connectivity index (χ2n) is 9.78. The van der Waals surface area contributed by atoms with Crippen LogP contribution in [0.15, 0.2) is 103 Å². The molecular weight excluding hydrogens is 552 g/mol. The molecule has 6 nitrogen and oxygen atoms in total. The van der Waals surface area contributed by atoms with E-state index < -0.39 is 0 Å². The Morgan fingerprint density at radius 1 is 0.878 bits per heavy atom. The zero-order valence-corrected chi connectivity index (χ0v) is 24.0. The van der Waals surface area contributed by atoms with Gasteiger partial charge < -0.3 is 16.0 Å². The number of anilines is 2. The number of thiazole rings is 1. The van der Waals surface area contributed by atoms with Gasteiger partial charge in [-0.2, -0.15) is 0 Å². The van der Waals surface area contributed by atoms with E-state index >= 15 is 0 Å². The lowest BCUT2D eigenvalue weighted by atomic mass is 9.99. The predicted molar refractivity (Wildman–Crippen MR) is 169 cm³/mol. The fourth-order valence-electron chi connectivity index (χ4n) is 5.00. The van der Waals surface area contributed by atoms with E-state index in [0.717, 1.165) is 38.0 Å². The Kier molecular flexibility index (Phi) is 8.31. The number of nitrogens with two attached hydrogens (primary N) is 1. The lowest BCUT2D eigenvalue weighted by Crippen LogP contribution is -2.32. The van der Waals surface area contributed by atoms with E-state index in [1.807, 2.05) is 90.7 Å². The highest BCUT2D eigenvalue weighted by atomic mass is 35.5. The molecule has 41 heavy (non-hydrogen) atoms. The number of carbonyl (C=O) groups is 2. The van der Waals surface area contributed by atoms with Crippen LogP contribution in [0, 0.1) is 0 Å². The lowest BCUT2D eigenvalue weighted by Gasteiger charge is -2.23. The van der Waals surface area contributed by atoms with Crippen LogP contribution >= 0.6 is 23.7 Å². The van der Waals surface area contributed by atoms with Crippen LogP contribution in [0.2, 0.25) is 0 Å². The monoisotopic (exact) mass is 580 g/mol. The first-order chi connectivity index (χ1) is 19.5. The van der Waals surface area contributed by atoms with Gasteiger partial charge in [-0.25, -0.2) is 4.98 Å². The Morgan fingerprint density at radius 3 is 2.27 bits per heavy atom. The van der Waals surface area contributed by atoms with E-state index in [1.165, 1.54) is 0 Å². The maximum atomic E-state index is 13.7. The third-order valence-corrected chi connectivity index (χ3v) is 8.32. The summed E-state index contributed by atoms with van der Waals surface area (Å²) in [4.78, 5) is 34.7. The first-order valence-corrected chi connectivity index (χ1v) is 14.0. The van der Waals surface area contributed by atoms with Gasteiger partial charge >= 0.3 is 0 Å². The SMILES string of the molecule is CC(N)c1nc2c(s1)CCN(C(=O)c1ccc(NC(=O)c3ccccc3-c3ccccc3)cc1)c1ccccc1-2.Cl. The van der Waals surface area contributed by atoms with E-state index in [9.17, 15) is 9.59 Å². The number of para-hydroxylation sites is 1. The zero-order valence-electron chi connectivity index (χ0n) is 22.4. The number of fused-ring (bicyclic) bond motifs is 3. The van der Waals surface area contributed by atoms with Crippen LogP contribution in [0.3, 0.4) is 0 Å². The Labute approximate surface area is 249 Å². The van der Waals surface area contributed by atoms with Crippen molar-refractivity contribution in [2.24, 2.45) is 5.73 Å². The molecule has 0 fully saturated rings. The van der Waals surface area contributed by atoms with E-state index in [4.69, 9.17) is 10.7 Å². The molecule has 3 N–H and O–H groups in total. The predicted octanol–water partition coefficient (Wildman–Crippen LogP) is 7.37. The number of benzene rings is 4. The molecule has 8 heteroatoms. The quantitative estimate of drug-likeness (QED) is 0.227. The number of rotatable bonds is 5. The average molecular weight is 581 g/mol. The van der Waals surface area contributed by atoms with E-state index in [2.05, 4.69) is 5.32 Å². The number of nitrogens with zero attached hydrogens (tertiary/aromatic N) is 2. The molecule has 1 aromatic heterocycles. The second-order valence-corrected chi connectivity index (χ2v) is 10.9. The molecule has 0 spiro atoms. The van der Waals surface area contributed by atoms with Gasteiger partial charge in [0.1, 0.15) is 5.01 Å². The minimum atomic E-state index is -0.204. The lowest BCUT2D eigenvalue weighted by molar-refractivity contribution is 0.0986. The second kappa shape index (κ2) is 12.1. The molecule has 0 saturated heterocycles. The van der Waals surface area contributed by atoms with Crippen molar-refractivity contribution in [3.63, 3.8) is 0 Å². The van der Waals surface area contributed by atoms with Gasteiger partial charge in [-0.1, -0.05) is 66.7 Å². The first-order valence-electron chi connectivity index (χ1n) is 13.2. The Morgan fingerprint density at radius 2 is 1.54 bits per heavy atom. The summed E-state index contributed by atoms with van der Waals surface area (Å²) in [5, 5.41) is 3.89. The third kappa shape index (κ3) is 5.65. The minimum absolute atomic E-state index is 0. The number of nitrogens with one attached hydrogen (secondary N) is 1. The molecule has 206 valence electrons. The van der Waals surface area contributed by atoms with Gasteiger partial charge in [0.2, 0.25) is 0 Å². The van der Waals surface area contributed by atoms with Crippen molar-refractivity contribution >= 4 is 46.9 Å². The van der Waals surface area contributed by atoms with Gasteiger partial charge in [0.25, 0.3) is 11.8 Å². The number of carbonyl (C=O) groups excluding carboxylic acids is 2. The van der Waals surface area contributed by atoms with Gasteiger partial charge in [0, 0.05) is 40.2 Å². The van der Waals surface area contributed by atoms with Crippen molar-refractivity contribution in [3.8, 4) is 22.4 Å². The maximum absolute atomic E-state index is 13.7. The number of amides is 2. The summed E-state index contributed by atoms with van der Waals surface area (Å²) in [5.74, 6) is -0.299. The number of hydrogen-bond donors (Lipinski definition) is 2. The van der Waals surface area contributed by atoms with Crippen LogP contribution in [0.5, 0.6) is 0 Å². The van der Waals surface area contributed by atoms with Crippen molar-refractivity contribution in [2.45, 2.75) is 19.4 Å². The Hall–Kier alpha value is -4.30. The normalized spacial score (nSPS) is 12.8. The smallest absolute Gasteiger partial charge is 0.258 e. The Bertz CT molecular complexity index is 1700. The molecule has 2 heterocycles. The number of aromatic nitrogens is 1. The summed E-state index contributed by atoms with van der Waals surface area (Å²) < 4.78 is 0. The van der Waals surface area contributed by atoms with Gasteiger partial charge in [0.15, 0.2) is 0 Å². The van der Waals surface area contributed by atoms with E-state index in [1.54, 1.807) is 35.6 Å². The number of hydrogen-bond acceptors (Lipinski definition) is 5. The summed E-state index contributed by atoms with van der Waals surface area (Å²) in [6, 6.07) is 32.2. The average Bonchev–Trinajstić information content (AvgIpc) is 3.36. The minimum Gasteiger partial charge on any atom is -0.322 e. The molecule has 0 saturated carbocycles. The summed E-state index contributed by atoms with van der Waals surface area (Å²) in [6.45, 7) is 2.48. The van der Waals surface area contributed by atoms with E-state index in [-0.39, 0.29) is 30.3 Å². The zero-order chi connectivity index (χ0) is 27.6. The molecular formula is C33H29ClN4O2S. The molecule has 2 amide bonds. The number of halogens is 1. The van der Waals surface area contributed by atoms with Crippen molar-refractivity contribution in [2.75, 3.05) is 16.8 Å². The van der Waals surface area contributed by atoms with Crippen molar-refractivity contribution < 1.29 is 9.59 Å². The maximum Gasteiger partial charge on any atom is 0.258 e. The topological polar surface area (TPSA) is 88.3 Å². The highest BCUT2D eigenvalue weighted by Crippen LogP contribution is 2.39. The molecule has 5 aromatic rings. The largest absolute Gasteiger partial charge is 0.322 e. The highest BCUT2D eigenvalue weighted by Gasteiger charge is 2.28.